The Hall–Kier alpha value is -2.52. The van der Waals surface area contributed by atoms with Gasteiger partial charge >= 0.3 is 6.09 Å². The van der Waals surface area contributed by atoms with Crippen molar-refractivity contribution in [2.75, 3.05) is 49.7 Å². The normalized spacial score (nSPS) is 23.6. The Morgan fingerprint density at radius 3 is 2.76 bits per heavy atom. The molecule has 2 atom stereocenters. The van der Waals surface area contributed by atoms with Gasteiger partial charge in [-0.2, -0.15) is 0 Å². The van der Waals surface area contributed by atoms with Crippen LogP contribution >= 0.6 is 11.8 Å². The molecular formula is C25H39N5O3S. The van der Waals surface area contributed by atoms with Crippen molar-refractivity contribution in [2.45, 2.75) is 51.0 Å². The van der Waals surface area contributed by atoms with Crippen LogP contribution in [0.3, 0.4) is 0 Å². The van der Waals surface area contributed by atoms with Crippen LogP contribution in [0.15, 0.2) is 39.4 Å². The van der Waals surface area contributed by atoms with E-state index in [1.165, 1.54) is 34.2 Å². The number of nitrogens with one attached hydrogen (secondary N) is 2. The number of nitrogens with zero attached hydrogens (tertiary/aromatic N) is 3. The van der Waals surface area contributed by atoms with Crippen molar-refractivity contribution in [3.8, 4) is 0 Å². The molecule has 2 fully saturated rings. The minimum atomic E-state index is -0.384. The van der Waals surface area contributed by atoms with Crippen molar-refractivity contribution in [1.29, 1.82) is 0 Å². The lowest BCUT2D eigenvalue weighted by Crippen LogP contribution is -2.29. The molecule has 0 bridgehead atoms. The number of thioether (sulfide) groups is 1. The Kier molecular flexibility index (Phi) is 7.52. The third-order valence-electron chi connectivity index (χ3n) is 6.75. The highest BCUT2D eigenvalue weighted by Gasteiger charge is 2.34. The lowest BCUT2D eigenvalue weighted by molar-refractivity contribution is -0.113. The first-order valence-electron chi connectivity index (χ1n) is 11.9. The zero-order valence-corrected chi connectivity index (χ0v) is 21.6. The SMILES string of the molecule is CC(C)=C1CC(CNCCC2CN(c3ccc4c(n3)NC(=O)CS4)C(=O)O2)C/C1=C(\C)N(C)C.[HH].[HH]. The third kappa shape index (κ3) is 5.41. The van der Waals surface area contributed by atoms with Crippen LogP contribution in [0.1, 0.15) is 42.9 Å². The number of allylic oxidation sites excluding steroid dienone is 4. The molecule has 1 aromatic rings. The van der Waals surface area contributed by atoms with E-state index in [1.807, 2.05) is 12.1 Å². The van der Waals surface area contributed by atoms with Crippen LogP contribution in [0.4, 0.5) is 16.4 Å². The van der Waals surface area contributed by atoms with Gasteiger partial charge in [-0.05, 0) is 82.3 Å². The van der Waals surface area contributed by atoms with Crippen molar-refractivity contribution in [1.82, 2.24) is 15.2 Å². The van der Waals surface area contributed by atoms with Gasteiger partial charge in [0, 0.05) is 22.6 Å². The van der Waals surface area contributed by atoms with Gasteiger partial charge in [-0.1, -0.05) is 5.57 Å². The summed E-state index contributed by atoms with van der Waals surface area (Å²) in [6, 6.07) is 3.71. The highest BCUT2D eigenvalue weighted by molar-refractivity contribution is 8.00. The van der Waals surface area contributed by atoms with Crippen LogP contribution in [0.5, 0.6) is 0 Å². The van der Waals surface area contributed by atoms with E-state index >= 15 is 0 Å². The quantitative estimate of drug-likeness (QED) is 0.545. The monoisotopic (exact) mass is 489 g/mol. The number of hydrogen-bond acceptors (Lipinski definition) is 7. The van der Waals surface area contributed by atoms with Crippen LogP contribution < -0.4 is 15.5 Å². The molecule has 1 aliphatic carbocycles. The summed E-state index contributed by atoms with van der Waals surface area (Å²) in [6.45, 7) is 8.83. The van der Waals surface area contributed by atoms with Crippen molar-refractivity contribution in [2.24, 2.45) is 5.92 Å². The largest absolute Gasteiger partial charge is 0.444 e. The minimum Gasteiger partial charge on any atom is -0.444 e. The van der Waals surface area contributed by atoms with Crippen LogP contribution in [-0.4, -0.2) is 67.5 Å². The van der Waals surface area contributed by atoms with Gasteiger partial charge in [0.05, 0.1) is 17.2 Å². The fourth-order valence-electron chi connectivity index (χ4n) is 4.71. The van der Waals surface area contributed by atoms with Crippen molar-refractivity contribution >= 4 is 35.4 Å². The van der Waals surface area contributed by atoms with E-state index in [4.69, 9.17) is 4.74 Å². The summed E-state index contributed by atoms with van der Waals surface area (Å²) in [5.41, 5.74) is 5.76. The zero-order valence-electron chi connectivity index (χ0n) is 20.7. The number of rotatable bonds is 7. The van der Waals surface area contributed by atoms with Crippen molar-refractivity contribution in [3.05, 3.63) is 34.5 Å². The molecule has 1 saturated heterocycles. The van der Waals surface area contributed by atoms with Crippen LogP contribution in [0, 0.1) is 5.92 Å². The maximum atomic E-state index is 12.5. The summed E-state index contributed by atoms with van der Waals surface area (Å²) in [7, 11) is 4.22. The second-order valence-electron chi connectivity index (χ2n) is 9.67. The third-order valence-corrected chi connectivity index (χ3v) is 7.79. The molecule has 2 unspecified atom stereocenters. The average molecular weight is 490 g/mol. The molecular weight excluding hydrogens is 450 g/mol. The highest BCUT2D eigenvalue weighted by atomic mass is 32.2. The van der Waals surface area contributed by atoms with E-state index in [0.717, 1.165) is 37.2 Å². The van der Waals surface area contributed by atoms with Gasteiger partial charge < -0.3 is 20.3 Å². The lowest BCUT2D eigenvalue weighted by Gasteiger charge is -2.18. The van der Waals surface area contributed by atoms with E-state index in [0.29, 0.717) is 29.9 Å². The van der Waals surface area contributed by atoms with Crippen LogP contribution in [0.25, 0.3) is 0 Å². The second-order valence-corrected chi connectivity index (χ2v) is 10.7. The first-order valence-corrected chi connectivity index (χ1v) is 12.9. The molecule has 1 saturated carbocycles. The number of fused-ring (bicyclic) bond motifs is 1. The van der Waals surface area contributed by atoms with Crippen molar-refractivity contribution in [3.63, 3.8) is 0 Å². The molecule has 34 heavy (non-hydrogen) atoms. The van der Waals surface area contributed by atoms with E-state index < -0.39 is 0 Å². The van der Waals surface area contributed by atoms with Crippen molar-refractivity contribution < 1.29 is 17.2 Å². The van der Waals surface area contributed by atoms with E-state index in [1.54, 1.807) is 4.90 Å². The number of aromatic nitrogens is 1. The fourth-order valence-corrected chi connectivity index (χ4v) is 5.47. The van der Waals surface area contributed by atoms with E-state index in [9.17, 15) is 9.59 Å². The second kappa shape index (κ2) is 10.4. The van der Waals surface area contributed by atoms with Gasteiger partial charge in [0.1, 0.15) is 17.7 Å². The smallest absolute Gasteiger partial charge is 0.415 e. The number of pyridine rings is 1. The van der Waals surface area contributed by atoms with Gasteiger partial charge in [-0.25, -0.2) is 9.78 Å². The zero-order chi connectivity index (χ0) is 24.4. The molecule has 0 aromatic carbocycles. The number of ether oxygens (including phenoxy) is 1. The topological polar surface area (TPSA) is 86.8 Å². The molecule has 2 N–H and O–H groups in total. The standard InChI is InChI=1S/C25H35N5O3S.2H2/c1-15(2)19-10-17(11-20(19)16(3)29(4)5)12-26-9-8-18-13-30(25(32)33-18)22-7-6-21-24(27-22)28-23(31)14-34-21;;/h6-7,17-18,26H,8-14H2,1-5H3,(H,27,28,31);2*1H/b20-16-;;. The molecule has 0 spiro atoms. The fraction of sp³-hybridized carbons (Fsp3) is 0.560. The Morgan fingerprint density at radius 1 is 1.26 bits per heavy atom. The Balaban J connectivity index is 0.00000228. The highest BCUT2D eigenvalue weighted by Crippen LogP contribution is 2.39. The number of amides is 2. The molecule has 2 aliphatic heterocycles. The minimum absolute atomic E-state index is 0. The molecule has 4 rings (SSSR count). The summed E-state index contributed by atoms with van der Waals surface area (Å²) >= 11 is 1.45. The first kappa shape index (κ1) is 24.6. The molecule has 3 aliphatic rings. The first-order chi connectivity index (χ1) is 16.2. The number of hydrogen-bond donors (Lipinski definition) is 2. The van der Waals surface area contributed by atoms with Gasteiger partial charge in [0.2, 0.25) is 5.91 Å². The summed E-state index contributed by atoms with van der Waals surface area (Å²) in [5, 5.41) is 6.36. The van der Waals surface area contributed by atoms with Gasteiger partial charge in [-0.15, -0.1) is 11.8 Å². The number of carbonyl (C=O) groups excluding carboxylic acids is 2. The van der Waals surface area contributed by atoms with Crippen LogP contribution in [-0.2, 0) is 9.53 Å². The van der Waals surface area contributed by atoms with E-state index in [-0.39, 0.29) is 21.0 Å². The number of carbonyl (C=O) groups is 2. The number of anilines is 2. The lowest BCUT2D eigenvalue weighted by atomic mass is 10.0. The maximum Gasteiger partial charge on any atom is 0.415 e. The number of cyclic esters (lactones) is 1. The molecule has 9 heteroatoms. The van der Waals surface area contributed by atoms with E-state index in [2.05, 4.69) is 55.4 Å². The summed E-state index contributed by atoms with van der Waals surface area (Å²) in [5.74, 6) is 1.93. The predicted octanol–water partition coefficient (Wildman–Crippen LogP) is 4.50. The maximum absolute atomic E-state index is 12.5. The molecule has 188 valence electrons. The molecule has 0 radical (unpaired) electrons. The molecule has 1 aromatic heterocycles. The van der Waals surface area contributed by atoms with Gasteiger partial charge in [0.15, 0.2) is 0 Å². The van der Waals surface area contributed by atoms with Crippen LogP contribution in [0.2, 0.25) is 0 Å². The molecule has 3 heterocycles. The Labute approximate surface area is 209 Å². The van der Waals surface area contributed by atoms with Gasteiger partial charge in [-0.3, -0.25) is 9.69 Å². The predicted molar refractivity (Wildman–Crippen MR) is 140 cm³/mol. The Morgan fingerprint density at radius 2 is 2.03 bits per heavy atom. The molecule has 8 nitrogen and oxygen atoms in total. The van der Waals surface area contributed by atoms with Gasteiger partial charge in [0.25, 0.3) is 0 Å². The summed E-state index contributed by atoms with van der Waals surface area (Å²) in [6.07, 6.45) is 2.40. The summed E-state index contributed by atoms with van der Waals surface area (Å²) < 4.78 is 5.58. The molecule has 2 amide bonds. The average Bonchev–Trinajstić information content (AvgIpc) is 3.39. The summed E-state index contributed by atoms with van der Waals surface area (Å²) in [4.78, 5) is 33.3. The Bertz CT molecular complexity index is 1040.